The average Bonchev–Trinajstić information content (AvgIpc) is 2.72. The van der Waals surface area contributed by atoms with Crippen molar-refractivity contribution >= 4 is 11.4 Å². The number of rotatable bonds is 7. The quantitative estimate of drug-likeness (QED) is 0.542. The maximum absolute atomic E-state index is 12.9. The molecule has 10 heteroatoms. The molecule has 1 fully saturated rings. The highest BCUT2D eigenvalue weighted by atomic mass is 19.4. The van der Waals surface area contributed by atoms with E-state index in [9.17, 15) is 28.4 Å². The molecule has 3 rings (SSSR count). The molecule has 0 aromatic heterocycles. The third-order valence-electron chi connectivity index (χ3n) is 4.85. The number of hydrogen-bond acceptors (Lipinski definition) is 6. The Labute approximate surface area is 171 Å². The van der Waals surface area contributed by atoms with Crippen LogP contribution in [0.1, 0.15) is 5.56 Å². The van der Waals surface area contributed by atoms with Crippen LogP contribution >= 0.6 is 0 Å². The molecule has 1 aliphatic heterocycles. The van der Waals surface area contributed by atoms with Crippen molar-refractivity contribution in [2.45, 2.75) is 12.3 Å². The molecule has 30 heavy (non-hydrogen) atoms. The topological polar surface area (TPSA) is 79.1 Å². The Morgan fingerprint density at radius 2 is 1.80 bits per heavy atom. The molecule has 1 aliphatic rings. The molecule has 2 aromatic rings. The van der Waals surface area contributed by atoms with Crippen molar-refractivity contribution < 1.29 is 27.9 Å². The summed E-state index contributed by atoms with van der Waals surface area (Å²) in [5.74, 6) is 0.303. The molecule has 1 heterocycles. The van der Waals surface area contributed by atoms with Gasteiger partial charge in [-0.05, 0) is 24.3 Å². The molecular formula is C20H22F3N3O4. The predicted octanol–water partition coefficient (Wildman–Crippen LogP) is 3.18. The van der Waals surface area contributed by atoms with Crippen LogP contribution in [0.25, 0.3) is 0 Å². The number of nitrogens with zero attached hydrogens (tertiary/aromatic N) is 3. The largest absolute Gasteiger partial charge is 0.491 e. The Hall–Kier alpha value is -2.85. The van der Waals surface area contributed by atoms with Gasteiger partial charge in [0, 0.05) is 44.5 Å². The van der Waals surface area contributed by atoms with Gasteiger partial charge >= 0.3 is 6.18 Å². The lowest BCUT2D eigenvalue weighted by Gasteiger charge is -2.37. The standard InChI is InChI=1S/C20H22F3N3O4/c21-20(22,23)15-3-1-4-16(11-15)25-9-7-24(8-10-25)13-18(27)14-30-19-6-2-5-17(12-19)26(28)29/h1-6,11-12,18,27H,7-10,13-14H2. The van der Waals surface area contributed by atoms with Crippen molar-refractivity contribution in [1.29, 1.82) is 0 Å². The van der Waals surface area contributed by atoms with Gasteiger partial charge in [-0.25, -0.2) is 0 Å². The van der Waals surface area contributed by atoms with Crippen LogP contribution in [0.15, 0.2) is 48.5 Å². The first-order chi connectivity index (χ1) is 14.2. The normalized spacial score (nSPS) is 16.3. The third-order valence-corrected chi connectivity index (χ3v) is 4.85. The minimum absolute atomic E-state index is 0.0188. The third kappa shape index (κ3) is 5.83. The molecule has 1 unspecified atom stereocenters. The van der Waals surface area contributed by atoms with Gasteiger partial charge in [0.05, 0.1) is 16.6 Å². The summed E-state index contributed by atoms with van der Waals surface area (Å²) in [6, 6.07) is 11.0. The number of non-ortho nitro benzene ring substituents is 1. The van der Waals surface area contributed by atoms with Crippen LogP contribution in [0.2, 0.25) is 0 Å². The van der Waals surface area contributed by atoms with E-state index in [2.05, 4.69) is 0 Å². The van der Waals surface area contributed by atoms with Gasteiger partial charge in [-0.2, -0.15) is 13.2 Å². The second-order valence-corrected chi connectivity index (χ2v) is 7.06. The maximum Gasteiger partial charge on any atom is 0.416 e. The molecule has 1 atom stereocenters. The van der Waals surface area contributed by atoms with Crippen molar-refractivity contribution in [1.82, 2.24) is 4.90 Å². The minimum atomic E-state index is -4.37. The number of aliphatic hydroxyl groups is 1. The van der Waals surface area contributed by atoms with E-state index in [1.165, 1.54) is 24.3 Å². The van der Waals surface area contributed by atoms with E-state index in [0.717, 1.165) is 12.1 Å². The van der Waals surface area contributed by atoms with Gasteiger partial charge in [-0.15, -0.1) is 0 Å². The highest BCUT2D eigenvalue weighted by Crippen LogP contribution is 2.31. The molecule has 0 amide bonds. The number of nitro benzene ring substituents is 1. The molecule has 0 bridgehead atoms. The van der Waals surface area contributed by atoms with Gasteiger partial charge < -0.3 is 14.7 Å². The lowest BCUT2D eigenvalue weighted by molar-refractivity contribution is -0.384. The summed E-state index contributed by atoms with van der Waals surface area (Å²) in [4.78, 5) is 14.2. The number of aliphatic hydroxyl groups excluding tert-OH is 1. The molecule has 1 N–H and O–H groups in total. The number of hydrogen-bond donors (Lipinski definition) is 1. The van der Waals surface area contributed by atoms with E-state index in [1.807, 2.05) is 9.80 Å². The fourth-order valence-corrected chi connectivity index (χ4v) is 3.30. The van der Waals surface area contributed by atoms with Crippen LogP contribution in [0, 0.1) is 10.1 Å². The van der Waals surface area contributed by atoms with Crippen LogP contribution in [0.5, 0.6) is 5.75 Å². The summed E-state index contributed by atoms with van der Waals surface area (Å²) in [5.41, 5.74) is -0.233. The predicted molar refractivity (Wildman–Crippen MR) is 105 cm³/mol. The highest BCUT2D eigenvalue weighted by molar-refractivity contribution is 5.49. The van der Waals surface area contributed by atoms with E-state index in [-0.39, 0.29) is 12.3 Å². The molecular weight excluding hydrogens is 403 g/mol. The molecule has 0 saturated carbocycles. The summed E-state index contributed by atoms with van der Waals surface area (Å²) >= 11 is 0. The lowest BCUT2D eigenvalue weighted by Crippen LogP contribution is -2.49. The number of anilines is 1. The second-order valence-electron chi connectivity index (χ2n) is 7.06. The second kappa shape index (κ2) is 9.31. The van der Waals surface area contributed by atoms with Crippen molar-refractivity contribution in [2.75, 3.05) is 44.2 Å². The Bertz CT molecular complexity index is 870. The Balaban J connectivity index is 1.46. The van der Waals surface area contributed by atoms with Crippen LogP contribution in [-0.4, -0.2) is 60.4 Å². The number of benzene rings is 2. The zero-order valence-corrected chi connectivity index (χ0v) is 16.1. The number of piperazine rings is 1. The Morgan fingerprint density at radius 3 is 2.47 bits per heavy atom. The summed E-state index contributed by atoms with van der Waals surface area (Å²) in [6.07, 6.45) is -5.18. The van der Waals surface area contributed by atoms with Gasteiger partial charge in [-0.1, -0.05) is 12.1 Å². The molecule has 7 nitrogen and oxygen atoms in total. The van der Waals surface area contributed by atoms with Gasteiger partial charge in [0.15, 0.2) is 0 Å². The van der Waals surface area contributed by atoms with E-state index >= 15 is 0 Å². The zero-order chi connectivity index (χ0) is 21.7. The van der Waals surface area contributed by atoms with E-state index in [4.69, 9.17) is 4.74 Å². The van der Waals surface area contributed by atoms with E-state index < -0.39 is 22.8 Å². The molecule has 0 radical (unpaired) electrons. The van der Waals surface area contributed by atoms with Crippen molar-refractivity contribution in [3.63, 3.8) is 0 Å². The number of β-amino-alcohol motifs (C(OH)–C–C–N with tert-alkyl or cyclic N) is 1. The molecule has 2 aromatic carbocycles. The molecule has 0 aliphatic carbocycles. The average molecular weight is 425 g/mol. The first kappa shape index (κ1) is 21.8. The SMILES string of the molecule is O=[N+]([O-])c1cccc(OCC(O)CN2CCN(c3cccc(C(F)(F)F)c3)CC2)c1. The fraction of sp³-hybridized carbons (Fsp3) is 0.400. The Morgan fingerprint density at radius 1 is 1.10 bits per heavy atom. The van der Waals surface area contributed by atoms with Gasteiger partial charge in [0.25, 0.3) is 5.69 Å². The monoisotopic (exact) mass is 425 g/mol. The first-order valence-corrected chi connectivity index (χ1v) is 9.42. The van der Waals surface area contributed by atoms with Crippen LogP contribution < -0.4 is 9.64 Å². The van der Waals surface area contributed by atoms with Crippen LogP contribution in [0.3, 0.4) is 0 Å². The highest BCUT2D eigenvalue weighted by Gasteiger charge is 2.31. The lowest BCUT2D eigenvalue weighted by atomic mass is 10.1. The molecule has 162 valence electrons. The van der Waals surface area contributed by atoms with Gasteiger partial charge in [-0.3, -0.25) is 15.0 Å². The van der Waals surface area contributed by atoms with Gasteiger partial charge in [0.2, 0.25) is 0 Å². The molecule has 1 saturated heterocycles. The van der Waals surface area contributed by atoms with E-state index in [0.29, 0.717) is 44.2 Å². The summed E-state index contributed by atoms with van der Waals surface area (Å²) < 4.78 is 44.1. The van der Waals surface area contributed by atoms with Crippen LogP contribution in [0.4, 0.5) is 24.5 Å². The summed E-state index contributed by atoms with van der Waals surface area (Å²) in [7, 11) is 0. The number of nitro groups is 1. The number of alkyl halides is 3. The summed E-state index contributed by atoms with van der Waals surface area (Å²) in [5, 5.41) is 21.0. The van der Waals surface area contributed by atoms with Crippen LogP contribution in [-0.2, 0) is 6.18 Å². The maximum atomic E-state index is 12.9. The van der Waals surface area contributed by atoms with Crippen molar-refractivity contribution in [3.8, 4) is 5.75 Å². The summed E-state index contributed by atoms with van der Waals surface area (Å²) in [6.45, 7) is 2.58. The number of halogens is 3. The number of ether oxygens (including phenoxy) is 1. The van der Waals surface area contributed by atoms with E-state index in [1.54, 1.807) is 12.1 Å². The Kier molecular flexibility index (Phi) is 6.78. The first-order valence-electron chi connectivity index (χ1n) is 9.42. The van der Waals surface area contributed by atoms with Gasteiger partial charge in [0.1, 0.15) is 18.5 Å². The molecule has 0 spiro atoms. The minimum Gasteiger partial charge on any atom is -0.491 e. The fourth-order valence-electron chi connectivity index (χ4n) is 3.30. The zero-order valence-electron chi connectivity index (χ0n) is 16.1. The van der Waals surface area contributed by atoms with Crippen molar-refractivity contribution in [2.24, 2.45) is 0 Å². The smallest absolute Gasteiger partial charge is 0.416 e. The van der Waals surface area contributed by atoms with Crippen molar-refractivity contribution in [3.05, 3.63) is 64.2 Å².